The van der Waals surface area contributed by atoms with E-state index < -0.39 is 5.97 Å². The van der Waals surface area contributed by atoms with Crippen LogP contribution in [0.15, 0.2) is 54.6 Å². The number of ketones is 1. The number of hydrogen-bond donors (Lipinski definition) is 1. The summed E-state index contributed by atoms with van der Waals surface area (Å²) in [6.45, 7) is 1.98. The van der Waals surface area contributed by atoms with Crippen LogP contribution in [0, 0.1) is 0 Å². The lowest BCUT2D eigenvalue weighted by atomic mass is 9.93. The van der Waals surface area contributed by atoms with Crippen LogP contribution < -0.4 is 0 Å². The fraction of sp³-hybridized carbons (Fsp3) is 0.222. The predicted molar refractivity (Wildman–Crippen MR) is 81.6 cm³/mol. The number of carboxylic acids is 1. The van der Waals surface area contributed by atoms with Gasteiger partial charge in [0.1, 0.15) is 0 Å². The van der Waals surface area contributed by atoms with Gasteiger partial charge in [-0.25, -0.2) is 0 Å². The number of hydrogen-bond acceptors (Lipinski definition) is 2. The summed E-state index contributed by atoms with van der Waals surface area (Å²) in [5.74, 6) is -0.689. The Morgan fingerprint density at radius 3 is 2.33 bits per heavy atom. The molecule has 21 heavy (non-hydrogen) atoms. The maximum atomic E-state index is 12.4. The molecule has 0 bridgehead atoms. The molecule has 0 saturated carbocycles. The molecule has 3 nitrogen and oxygen atoms in total. The lowest BCUT2D eigenvalue weighted by molar-refractivity contribution is -0.137. The molecule has 0 aliphatic heterocycles. The summed E-state index contributed by atoms with van der Waals surface area (Å²) in [7, 11) is 0. The second-order valence-corrected chi connectivity index (χ2v) is 5.15. The first-order valence-electron chi connectivity index (χ1n) is 6.99. The van der Waals surface area contributed by atoms with Gasteiger partial charge in [0.05, 0.1) is 0 Å². The number of carbonyl (C=O) groups excluding carboxylic acids is 1. The maximum absolute atomic E-state index is 12.4. The summed E-state index contributed by atoms with van der Waals surface area (Å²) in [5.41, 5.74) is 2.30. The second-order valence-electron chi connectivity index (χ2n) is 5.15. The molecule has 2 aromatic carbocycles. The molecule has 0 aromatic heterocycles. The smallest absolute Gasteiger partial charge is 0.303 e. The third-order valence-electron chi connectivity index (χ3n) is 3.55. The highest BCUT2D eigenvalue weighted by Crippen LogP contribution is 2.22. The molecule has 0 fully saturated rings. The monoisotopic (exact) mass is 282 g/mol. The molecule has 0 aliphatic rings. The Hall–Kier alpha value is -2.42. The van der Waals surface area contributed by atoms with Crippen molar-refractivity contribution < 1.29 is 14.7 Å². The first-order chi connectivity index (χ1) is 10.1. The number of carboxylic acid groups (broad SMARTS) is 1. The molecular weight excluding hydrogens is 264 g/mol. The van der Waals surface area contributed by atoms with E-state index in [0.29, 0.717) is 17.5 Å². The van der Waals surface area contributed by atoms with E-state index in [1.807, 2.05) is 43.3 Å². The van der Waals surface area contributed by atoms with Crippen LogP contribution in [0.4, 0.5) is 0 Å². The zero-order valence-electron chi connectivity index (χ0n) is 12.0. The summed E-state index contributed by atoms with van der Waals surface area (Å²) in [4.78, 5) is 23.0. The van der Waals surface area contributed by atoms with E-state index in [-0.39, 0.29) is 18.1 Å². The van der Waals surface area contributed by atoms with Gasteiger partial charge in [0, 0.05) is 17.5 Å². The fourth-order valence-electron chi connectivity index (χ4n) is 2.25. The van der Waals surface area contributed by atoms with Crippen LogP contribution in [0.5, 0.6) is 0 Å². The van der Waals surface area contributed by atoms with Gasteiger partial charge in [-0.15, -0.1) is 0 Å². The van der Waals surface area contributed by atoms with Crippen LogP contribution >= 0.6 is 0 Å². The van der Waals surface area contributed by atoms with E-state index in [2.05, 4.69) is 0 Å². The predicted octanol–water partition coefficient (Wildman–Crippen LogP) is 3.89. The van der Waals surface area contributed by atoms with Crippen molar-refractivity contribution in [2.45, 2.75) is 25.7 Å². The fourth-order valence-corrected chi connectivity index (χ4v) is 2.25. The van der Waals surface area contributed by atoms with Crippen LogP contribution in [0.3, 0.4) is 0 Å². The highest BCUT2D eigenvalue weighted by Gasteiger charge is 2.12. The molecule has 0 spiro atoms. The molecular formula is C18H18O3. The lowest BCUT2D eigenvalue weighted by Crippen LogP contribution is -2.04. The van der Waals surface area contributed by atoms with Gasteiger partial charge >= 0.3 is 5.97 Å². The molecule has 3 heteroatoms. The van der Waals surface area contributed by atoms with Crippen LogP contribution in [0.1, 0.15) is 47.2 Å². The zero-order valence-corrected chi connectivity index (χ0v) is 12.0. The third kappa shape index (κ3) is 4.02. The Morgan fingerprint density at radius 2 is 1.67 bits per heavy atom. The van der Waals surface area contributed by atoms with Crippen molar-refractivity contribution in [3.8, 4) is 0 Å². The highest BCUT2D eigenvalue weighted by atomic mass is 16.4. The molecule has 0 saturated heterocycles. The molecule has 1 atom stereocenters. The van der Waals surface area contributed by atoms with Gasteiger partial charge in [0.2, 0.25) is 0 Å². The minimum Gasteiger partial charge on any atom is -0.481 e. The first kappa shape index (κ1) is 15.0. The Balaban J connectivity index is 2.18. The van der Waals surface area contributed by atoms with E-state index in [1.54, 1.807) is 18.2 Å². The summed E-state index contributed by atoms with van der Waals surface area (Å²) in [6, 6.07) is 16.6. The highest BCUT2D eigenvalue weighted by molar-refractivity contribution is 6.09. The second kappa shape index (κ2) is 6.84. The SMILES string of the molecule is CC(CCC(=O)O)c1cccc(C(=O)c2ccccc2)c1. The van der Waals surface area contributed by atoms with Crippen molar-refractivity contribution in [2.75, 3.05) is 0 Å². The van der Waals surface area contributed by atoms with Crippen molar-refractivity contribution in [1.82, 2.24) is 0 Å². The van der Waals surface area contributed by atoms with Crippen LogP contribution in [-0.2, 0) is 4.79 Å². The summed E-state index contributed by atoms with van der Waals surface area (Å²) < 4.78 is 0. The quantitative estimate of drug-likeness (QED) is 0.818. The topological polar surface area (TPSA) is 54.4 Å². The van der Waals surface area contributed by atoms with E-state index in [1.165, 1.54) is 0 Å². The van der Waals surface area contributed by atoms with Crippen LogP contribution in [0.25, 0.3) is 0 Å². The third-order valence-corrected chi connectivity index (χ3v) is 3.55. The van der Waals surface area contributed by atoms with Gasteiger partial charge in [-0.2, -0.15) is 0 Å². The number of carbonyl (C=O) groups is 2. The van der Waals surface area contributed by atoms with Crippen molar-refractivity contribution in [2.24, 2.45) is 0 Å². The van der Waals surface area contributed by atoms with Gasteiger partial charge in [-0.3, -0.25) is 9.59 Å². The van der Waals surface area contributed by atoms with Gasteiger partial charge in [-0.05, 0) is 24.0 Å². The van der Waals surface area contributed by atoms with Crippen molar-refractivity contribution >= 4 is 11.8 Å². The first-order valence-corrected chi connectivity index (χ1v) is 6.99. The molecule has 1 N–H and O–H groups in total. The minimum atomic E-state index is -0.793. The van der Waals surface area contributed by atoms with Gasteiger partial charge in [0.15, 0.2) is 5.78 Å². The average molecular weight is 282 g/mol. The standard InChI is InChI=1S/C18H18O3/c1-13(10-11-17(19)20)15-8-5-9-16(12-15)18(21)14-6-3-2-4-7-14/h2-9,12-13H,10-11H2,1H3,(H,19,20). The van der Waals surface area contributed by atoms with E-state index >= 15 is 0 Å². The number of aliphatic carboxylic acids is 1. The molecule has 0 radical (unpaired) electrons. The van der Waals surface area contributed by atoms with Gasteiger partial charge in [-0.1, -0.05) is 55.5 Å². The largest absolute Gasteiger partial charge is 0.481 e. The average Bonchev–Trinajstić information content (AvgIpc) is 2.52. The van der Waals surface area contributed by atoms with Crippen molar-refractivity contribution in [1.29, 1.82) is 0 Å². The Morgan fingerprint density at radius 1 is 1.00 bits per heavy atom. The summed E-state index contributed by atoms with van der Waals surface area (Å²) in [6.07, 6.45) is 0.705. The Labute approximate surface area is 124 Å². The summed E-state index contributed by atoms with van der Waals surface area (Å²) >= 11 is 0. The van der Waals surface area contributed by atoms with E-state index in [4.69, 9.17) is 5.11 Å². The minimum absolute atomic E-state index is 0.0112. The Kier molecular flexibility index (Phi) is 4.88. The summed E-state index contributed by atoms with van der Waals surface area (Å²) in [5, 5.41) is 8.75. The molecule has 0 heterocycles. The number of benzene rings is 2. The molecule has 0 amide bonds. The maximum Gasteiger partial charge on any atom is 0.303 e. The molecule has 2 aromatic rings. The lowest BCUT2D eigenvalue weighted by Gasteiger charge is -2.12. The molecule has 1 unspecified atom stereocenters. The van der Waals surface area contributed by atoms with Crippen molar-refractivity contribution in [3.63, 3.8) is 0 Å². The molecule has 2 rings (SSSR count). The van der Waals surface area contributed by atoms with E-state index in [9.17, 15) is 9.59 Å². The van der Waals surface area contributed by atoms with Gasteiger partial charge < -0.3 is 5.11 Å². The Bertz CT molecular complexity index is 632. The normalized spacial score (nSPS) is 11.9. The van der Waals surface area contributed by atoms with Crippen LogP contribution in [0.2, 0.25) is 0 Å². The molecule has 0 aliphatic carbocycles. The molecule has 108 valence electrons. The van der Waals surface area contributed by atoms with Crippen LogP contribution in [-0.4, -0.2) is 16.9 Å². The van der Waals surface area contributed by atoms with E-state index in [0.717, 1.165) is 5.56 Å². The van der Waals surface area contributed by atoms with Gasteiger partial charge in [0.25, 0.3) is 0 Å². The van der Waals surface area contributed by atoms with Crippen molar-refractivity contribution in [3.05, 3.63) is 71.3 Å². The zero-order chi connectivity index (χ0) is 15.2. The number of rotatable bonds is 6.